The quantitative estimate of drug-likeness (QED) is 0.320. The summed E-state index contributed by atoms with van der Waals surface area (Å²) < 4.78 is 73.9. The Kier molecular flexibility index (Phi) is 8.64. The normalized spacial score (nSPS) is 12.1. The number of halogens is 4. The van der Waals surface area contributed by atoms with Gasteiger partial charge in [-0.05, 0) is 49.6 Å². The van der Waals surface area contributed by atoms with E-state index in [1.165, 1.54) is 40.0 Å². The third-order valence-corrected chi connectivity index (χ3v) is 8.41. The maximum atomic E-state index is 14.3. The molecule has 0 spiro atoms. The number of amides is 1. The molecular formula is C26H28ClF3N2O4S. The van der Waals surface area contributed by atoms with Crippen molar-refractivity contribution in [2.75, 3.05) is 19.3 Å². The van der Waals surface area contributed by atoms with Gasteiger partial charge in [-0.15, -0.1) is 0 Å². The van der Waals surface area contributed by atoms with Gasteiger partial charge in [0.2, 0.25) is 5.88 Å². The minimum Gasteiger partial charge on any atom is -0.392 e. The van der Waals surface area contributed by atoms with E-state index < -0.39 is 33.1 Å². The molecule has 0 unspecified atom stereocenters. The number of ether oxygens (including phenoxy) is 1. The van der Waals surface area contributed by atoms with E-state index in [0.29, 0.717) is 16.1 Å². The topological polar surface area (TPSA) is 68.6 Å². The second-order valence-electron chi connectivity index (χ2n) is 8.94. The van der Waals surface area contributed by atoms with Crippen LogP contribution in [0.2, 0.25) is 5.02 Å². The molecule has 37 heavy (non-hydrogen) atoms. The summed E-state index contributed by atoms with van der Waals surface area (Å²) in [5.41, 5.74) is -0.0180. The Bertz CT molecular complexity index is 1350. The summed E-state index contributed by atoms with van der Waals surface area (Å²) in [4.78, 5) is 14.0. The number of alkyl halides is 3. The number of hydrogen-bond donors (Lipinski definition) is 0. The average molecular weight is 557 g/mol. The lowest BCUT2D eigenvalue weighted by molar-refractivity contribution is -0.144. The highest BCUT2D eigenvalue weighted by molar-refractivity contribution is 7.92. The van der Waals surface area contributed by atoms with Crippen molar-refractivity contribution in [1.82, 2.24) is 9.47 Å². The first-order valence-corrected chi connectivity index (χ1v) is 13.6. The zero-order valence-corrected chi connectivity index (χ0v) is 22.4. The summed E-state index contributed by atoms with van der Waals surface area (Å²) in [5.74, 6) is -0.599. The molecule has 1 amide bonds. The van der Waals surface area contributed by atoms with Gasteiger partial charge in [-0.2, -0.15) is 13.2 Å². The molecule has 11 heteroatoms. The van der Waals surface area contributed by atoms with E-state index in [4.69, 9.17) is 16.3 Å². The Hall–Kier alpha value is -2.98. The van der Waals surface area contributed by atoms with Gasteiger partial charge in [-0.25, -0.2) is 13.2 Å². The number of aromatic nitrogens is 1. The molecule has 6 nitrogen and oxygen atoms in total. The van der Waals surface area contributed by atoms with E-state index in [0.717, 1.165) is 9.47 Å². The molecule has 0 fully saturated rings. The molecule has 0 radical (unpaired) electrons. The van der Waals surface area contributed by atoms with Gasteiger partial charge in [0, 0.05) is 24.2 Å². The molecule has 0 aliphatic rings. The first kappa shape index (κ1) is 28.6. The molecule has 2 aromatic carbocycles. The van der Waals surface area contributed by atoms with Gasteiger partial charge < -0.3 is 14.2 Å². The lowest BCUT2D eigenvalue weighted by Crippen LogP contribution is -2.35. The van der Waals surface area contributed by atoms with Crippen molar-refractivity contribution in [2.24, 2.45) is 0 Å². The van der Waals surface area contributed by atoms with Crippen LogP contribution in [-0.2, 0) is 22.6 Å². The van der Waals surface area contributed by atoms with Crippen LogP contribution in [0.15, 0.2) is 54.6 Å². The predicted octanol–water partition coefficient (Wildman–Crippen LogP) is 6.44. The summed E-state index contributed by atoms with van der Waals surface area (Å²) >= 11 is 5.99. The van der Waals surface area contributed by atoms with Crippen molar-refractivity contribution in [1.29, 1.82) is 0 Å². The standard InChI is InChI=1S/C26H28ClF3N2O4S/c1-17(2)37(34,35)15-14-31(4)25(33)36-24-22(20-10-12-21(27)13-11-20)18(3)23(26(28,29)30)32(24)16-19-8-6-5-7-9-19/h5-13,17H,14-16H2,1-4H3. The molecule has 200 valence electrons. The van der Waals surface area contributed by atoms with Crippen LogP contribution >= 0.6 is 11.6 Å². The van der Waals surface area contributed by atoms with Crippen LogP contribution in [0.4, 0.5) is 18.0 Å². The summed E-state index contributed by atoms with van der Waals surface area (Å²) in [6.07, 6.45) is -5.73. The van der Waals surface area contributed by atoms with Crippen LogP contribution in [0.5, 0.6) is 5.88 Å². The summed E-state index contributed by atoms with van der Waals surface area (Å²) in [5, 5.41) is -0.237. The Balaban J connectivity index is 2.12. The largest absolute Gasteiger partial charge is 0.431 e. The number of carbonyl (C=O) groups is 1. The van der Waals surface area contributed by atoms with Crippen LogP contribution < -0.4 is 4.74 Å². The molecule has 0 aliphatic carbocycles. The third-order valence-electron chi connectivity index (χ3n) is 5.97. The van der Waals surface area contributed by atoms with Gasteiger partial charge >= 0.3 is 12.3 Å². The summed E-state index contributed by atoms with van der Waals surface area (Å²) in [6, 6.07) is 14.7. The zero-order chi connectivity index (χ0) is 27.5. The van der Waals surface area contributed by atoms with E-state index >= 15 is 0 Å². The molecule has 1 heterocycles. The second-order valence-corrected chi connectivity index (χ2v) is 12.0. The van der Waals surface area contributed by atoms with Crippen LogP contribution in [0.3, 0.4) is 0 Å². The molecule has 0 atom stereocenters. The maximum Gasteiger partial charge on any atom is 0.431 e. The van der Waals surface area contributed by atoms with Crippen LogP contribution in [0.1, 0.15) is 30.7 Å². The van der Waals surface area contributed by atoms with Gasteiger partial charge in [-0.3, -0.25) is 0 Å². The van der Waals surface area contributed by atoms with Crippen molar-refractivity contribution in [3.8, 4) is 17.0 Å². The number of sulfone groups is 1. The lowest BCUT2D eigenvalue weighted by atomic mass is 10.0. The molecule has 3 aromatic rings. The van der Waals surface area contributed by atoms with E-state index in [2.05, 4.69) is 0 Å². The Morgan fingerprint density at radius 2 is 1.68 bits per heavy atom. The highest BCUT2D eigenvalue weighted by Crippen LogP contribution is 2.45. The fraction of sp³-hybridized carbons (Fsp3) is 0.346. The van der Waals surface area contributed by atoms with Gasteiger partial charge in [-0.1, -0.05) is 54.1 Å². The SMILES string of the molecule is Cc1c(-c2ccc(Cl)cc2)c(OC(=O)N(C)CCS(=O)(=O)C(C)C)n(Cc2ccccc2)c1C(F)(F)F. The molecule has 0 bridgehead atoms. The molecule has 3 rings (SSSR count). The molecule has 0 N–H and O–H groups in total. The number of hydrogen-bond acceptors (Lipinski definition) is 4. The third kappa shape index (κ3) is 6.67. The van der Waals surface area contributed by atoms with E-state index in [1.54, 1.807) is 42.5 Å². The van der Waals surface area contributed by atoms with E-state index in [9.17, 15) is 26.4 Å². The summed E-state index contributed by atoms with van der Waals surface area (Å²) in [7, 11) is -2.11. The van der Waals surface area contributed by atoms with Crippen molar-refractivity contribution in [3.63, 3.8) is 0 Å². The fourth-order valence-corrected chi connectivity index (χ4v) is 4.94. The van der Waals surface area contributed by atoms with Crippen molar-refractivity contribution in [3.05, 3.63) is 76.4 Å². The Morgan fingerprint density at radius 3 is 2.22 bits per heavy atom. The smallest absolute Gasteiger partial charge is 0.392 e. The highest BCUT2D eigenvalue weighted by atomic mass is 35.5. The van der Waals surface area contributed by atoms with E-state index in [-0.39, 0.29) is 35.8 Å². The van der Waals surface area contributed by atoms with Crippen LogP contribution in [-0.4, -0.2) is 48.6 Å². The molecule has 0 aliphatic heterocycles. The van der Waals surface area contributed by atoms with Crippen molar-refractivity contribution < 1.29 is 31.1 Å². The van der Waals surface area contributed by atoms with Gasteiger partial charge in [0.05, 0.1) is 17.5 Å². The van der Waals surface area contributed by atoms with Crippen LogP contribution in [0.25, 0.3) is 11.1 Å². The van der Waals surface area contributed by atoms with Gasteiger partial charge in [0.25, 0.3) is 0 Å². The molecular weight excluding hydrogens is 529 g/mol. The Labute approximate surface area is 219 Å². The molecule has 0 saturated heterocycles. The number of benzene rings is 2. The van der Waals surface area contributed by atoms with Gasteiger partial charge in [0.1, 0.15) is 5.69 Å². The fourth-order valence-electron chi connectivity index (χ4n) is 3.81. The second kappa shape index (κ2) is 11.2. The first-order chi connectivity index (χ1) is 17.2. The number of rotatable bonds is 8. The highest BCUT2D eigenvalue weighted by Gasteiger charge is 2.41. The molecule has 0 saturated carbocycles. The lowest BCUT2D eigenvalue weighted by Gasteiger charge is -2.20. The van der Waals surface area contributed by atoms with Gasteiger partial charge in [0.15, 0.2) is 9.84 Å². The van der Waals surface area contributed by atoms with Crippen molar-refractivity contribution in [2.45, 2.75) is 38.7 Å². The zero-order valence-electron chi connectivity index (χ0n) is 20.8. The average Bonchev–Trinajstić information content (AvgIpc) is 3.09. The van der Waals surface area contributed by atoms with Crippen molar-refractivity contribution >= 4 is 27.5 Å². The monoisotopic (exact) mass is 556 g/mol. The minimum absolute atomic E-state index is 0.0940. The number of nitrogens with zero attached hydrogens (tertiary/aromatic N) is 2. The minimum atomic E-state index is -4.75. The Morgan fingerprint density at radius 1 is 1.08 bits per heavy atom. The first-order valence-electron chi connectivity index (χ1n) is 11.5. The van der Waals surface area contributed by atoms with Crippen LogP contribution in [0, 0.1) is 6.92 Å². The molecule has 1 aromatic heterocycles. The summed E-state index contributed by atoms with van der Waals surface area (Å²) in [6.45, 7) is 4.00. The van der Waals surface area contributed by atoms with E-state index in [1.807, 2.05) is 0 Å². The maximum absolute atomic E-state index is 14.3. The number of carbonyl (C=O) groups excluding carboxylic acids is 1. The predicted molar refractivity (Wildman–Crippen MR) is 138 cm³/mol.